The predicted octanol–water partition coefficient (Wildman–Crippen LogP) is 3.46. The predicted molar refractivity (Wildman–Crippen MR) is 124 cm³/mol. The van der Waals surface area contributed by atoms with E-state index in [9.17, 15) is 0 Å². The van der Waals surface area contributed by atoms with Crippen LogP contribution < -0.4 is 10.2 Å². The topological polar surface area (TPSA) is 56.6 Å². The van der Waals surface area contributed by atoms with Crippen molar-refractivity contribution in [3.05, 3.63) is 65.9 Å². The molecule has 3 heterocycles. The van der Waals surface area contributed by atoms with Crippen molar-refractivity contribution in [2.75, 3.05) is 50.0 Å². The van der Waals surface area contributed by atoms with Gasteiger partial charge in [0, 0.05) is 44.6 Å². The zero-order valence-corrected chi connectivity index (χ0v) is 17.3. The quantitative estimate of drug-likeness (QED) is 0.713. The summed E-state index contributed by atoms with van der Waals surface area (Å²) in [6, 6.07) is 15.0. The summed E-state index contributed by atoms with van der Waals surface area (Å²) in [5.41, 5.74) is 6.63. The molecule has 152 valence electrons. The molecule has 0 unspecified atom stereocenters. The zero-order valence-electron chi connectivity index (χ0n) is 17.3. The maximum Gasteiger partial charge on any atom is 0.145 e. The molecule has 0 aliphatic carbocycles. The summed E-state index contributed by atoms with van der Waals surface area (Å²) in [7, 11) is 2.18. The summed E-state index contributed by atoms with van der Waals surface area (Å²) >= 11 is 0. The normalized spacial score (nSPS) is 16.8. The Kier molecular flexibility index (Phi) is 5.15. The Hall–Kier alpha value is -3.25. The van der Waals surface area contributed by atoms with Gasteiger partial charge >= 0.3 is 0 Å². The molecule has 6 nitrogen and oxygen atoms in total. The lowest BCUT2D eigenvalue weighted by atomic mass is 10.1. The number of aromatic nitrogens is 2. The molecule has 0 amide bonds. The van der Waals surface area contributed by atoms with Crippen LogP contribution in [0.1, 0.15) is 11.1 Å². The highest BCUT2D eigenvalue weighted by Gasteiger charge is 2.14. The van der Waals surface area contributed by atoms with E-state index in [2.05, 4.69) is 74.6 Å². The minimum atomic E-state index is 0.725. The Labute approximate surface area is 177 Å². The van der Waals surface area contributed by atoms with Crippen molar-refractivity contribution in [1.82, 2.24) is 14.9 Å². The van der Waals surface area contributed by atoms with Crippen LogP contribution in [-0.4, -0.2) is 60.9 Å². The van der Waals surface area contributed by atoms with E-state index in [1.807, 2.05) is 18.5 Å². The first-order valence-corrected chi connectivity index (χ1v) is 10.5. The van der Waals surface area contributed by atoms with Gasteiger partial charge in [-0.25, -0.2) is 4.98 Å². The summed E-state index contributed by atoms with van der Waals surface area (Å²) in [5.74, 6) is 0.793. The van der Waals surface area contributed by atoms with Gasteiger partial charge < -0.3 is 15.1 Å². The van der Waals surface area contributed by atoms with Gasteiger partial charge in [-0.2, -0.15) is 0 Å². The van der Waals surface area contributed by atoms with Crippen molar-refractivity contribution >= 4 is 34.3 Å². The fraction of sp³-hybridized carbons (Fsp3) is 0.292. The molecule has 0 atom stereocenters. The number of piperazine rings is 1. The minimum Gasteiger partial charge on any atom is -0.369 e. The molecule has 5 rings (SSSR count). The molecule has 3 aromatic rings. The lowest BCUT2D eigenvalue weighted by Crippen LogP contribution is -2.44. The van der Waals surface area contributed by atoms with E-state index in [0.29, 0.717) is 0 Å². The van der Waals surface area contributed by atoms with Crippen molar-refractivity contribution in [2.24, 2.45) is 4.99 Å². The second kappa shape index (κ2) is 8.24. The average molecular weight is 399 g/mol. The maximum atomic E-state index is 4.74. The Morgan fingerprint density at radius 3 is 2.73 bits per heavy atom. The van der Waals surface area contributed by atoms with Crippen molar-refractivity contribution < 1.29 is 0 Å². The highest BCUT2D eigenvalue weighted by molar-refractivity contribution is 6.12. The summed E-state index contributed by atoms with van der Waals surface area (Å²) in [5, 5.41) is 3.43. The van der Waals surface area contributed by atoms with Crippen LogP contribution in [0, 0.1) is 0 Å². The molecule has 1 saturated heterocycles. The second-order valence-corrected chi connectivity index (χ2v) is 7.93. The number of allylic oxidation sites excluding steroid dienone is 1. The van der Waals surface area contributed by atoms with Gasteiger partial charge in [0.15, 0.2) is 0 Å². The Balaban J connectivity index is 1.27. The van der Waals surface area contributed by atoms with Crippen LogP contribution in [0.25, 0.3) is 16.6 Å². The number of nitrogens with one attached hydrogen (secondary N) is 1. The smallest absolute Gasteiger partial charge is 0.145 e. The standard InChI is InChI=1S/C24H26N6/c1-29-9-11-30(12-10-29)21-4-2-3-18(13-21)15-27-24-17-26-23-14-19(5-6-22(23)28-24)20-7-8-25-16-20/h2-7,13-14,16-17H,8-12,15H2,1H3,(H,27,28). The zero-order chi connectivity index (χ0) is 20.3. The van der Waals surface area contributed by atoms with Crippen molar-refractivity contribution in [3.63, 3.8) is 0 Å². The van der Waals surface area contributed by atoms with Gasteiger partial charge in [-0.3, -0.25) is 9.98 Å². The Morgan fingerprint density at radius 2 is 1.90 bits per heavy atom. The van der Waals surface area contributed by atoms with Gasteiger partial charge in [-0.15, -0.1) is 0 Å². The Morgan fingerprint density at radius 1 is 1.00 bits per heavy atom. The molecular weight excluding hydrogens is 372 g/mol. The van der Waals surface area contributed by atoms with E-state index in [0.717, 1.165) is 67.3 Å². The van der Waals surface area contributed by atoms with Crippen LogP contribution in [0.3, 0.4) is 0 Å². The molecule has 0 spiro atoms. The second-order valence-electron chi connectivity index (χ2n) is 7.93. The molecule has 30 heavy (non-hydrogen) atoms. The number of likely N-dealkylation sites (N-methyl/N-ethyl adjacent to an activating group) is 1. The largest absolute Gasteiger partial charge is 0.369 e. The molecule has 1 aromatic heterocycles. The van der Waals surface area contributed by atoms with Gasteiger partial charge in [-0.05, 0) is 48.0 Å². The summed E-state index contributed by atoms with van der Waals surface area (Å²) in [4.78, 5) is 18.4. The first kappa shape index (κ1) is 18.8. The SMILES string of the molecule is CN1CCN(c2cccc(CNc3cnc4cc(C5=CCN=C5)ccc4n3)c2)CC1. The van der Waals surface area contributed by atoms with E-state index in [1.54, 1.807) is 0 Å². The molecule has 2 aliphatic rings. The molecule has 6 heteroatoms. The number of fused-ring (bicyclic) bond motifs is 1. The van der Waals surface area contributed by atoms with E-state index < -0.39 is 0 Å². The van der Waals surface area contributed by atoms with E-state index >= 15 is 0 Å². The summed E-state index contributed by atoms with van der Waals surface area (Å²) in [6.45, 7) is 5.87. The van der Waals surface area contributed by atoms with Crippen LogP contribution in [0.5, 0.6) is 0 Å². The van der Waals surface area contributed by atoms with Crippen LogP contribution >= 0.6 is 0 Å². The van der Waals surface area contributed by atoms with E-state index in [1.165, 1.54) is 11.3 Å². The van der Waals surface area contributed by atoms with E-state index in [-0.39, 0.29) is 0 Å². The van der Waals surface area contributed by atoms with E-state index in [4.69, 9.17) is 4.98 Å². The van der Waals surface area contributed by atoms with Crippen molar-refractivity contribution in [1.29, 1.82) is 0 Å². The summed E-state index contributed by atoms with van der Waals surface area (Å²) < 4.78 is 0. The molecule has 0 saturated carbocycles. The summed E-state index contributed by atoms with van der Waals surface area (Å²) in [6.07, 6.45) is 5.86. The monoisotopic (exact) mass is 398 g/mol. The Bertz CT molecular complexity index is 1110. The van der Waals surface area contributed by atoms with Gasteiger partial charge in [0.2, 0.25) is 0 Å². The fourth-order valence-electron chi connectivity index (χ4n) is 3.94. The number of anilines is 2. The number of nitrogens with zero attached hydrogens (tertiary/aromatic N) is 5. The molecular formula is C24H26N6. The lowest BCUT2D eigenvalue weighted by Gasteiger charge is -2.34. The van der Waals surface area contributed by atoms with Crippen LogP contribution in [0.2, 0.25) is 0 Å². The van der Waals surface area contributed by atoms with Crippen LogP contribution in [0.15, 0.2) is 59.7 Å². The maximum absolute atomic E-state index is 4.74. The van der Waals surface area contributed by atoms with Gasteiger partial charge in [0.05, 0.1) is 23.8 Å². The molecule has 0 bridgehead atoms. The van der Waals surface area contributed by atoms with Crippen molar-refractivity contribution in [2.45, 2.75) is 6.54 Å². The third kappa shape index (κ3) is 4.04. The van der Waals surface area contributed by atoms with Gasteiger partial charge in [0.25, 0.3) is 0 Å². The van der Waals surface area contributed by atoms with Crippen LogP contribution in [-0.2, 0) is 6.54 Å². The highest BCUT2D eigenvalue weighted by Crippen LogP contribution is 2.22. The molecule has 0 radical (unpaired) electrons. The van der Waals surface area contributed by atoms with Gasteiger partial charge in [0.1, 0.15) is 5.82 Å². The highest BCUT2D eigenvalue weighted by atomic mass is 15.2. The minimum absolute atomic E-state index is 0.725. The third-order valence-corrected chi connectivity index (χ3v) is 5.78. The molecule has 2 aliphatic heterocycles. The molecule has 2 aromatic carbocycles. The van der Waals surface area contributed by atoms with Crippen molar-refractivity contribution in [3.8, 4) is 0 Å². The van der Waals surface area contributed by atoms with Crippen LogP contribution in [0.4, 0.5) is 11.5 Å². The number of hydrogen-bond acceptors (Lipinski definition) is 6. The first-order valence-electron chi connectivity index (χ1n) is 10.5. The van der Waals surface area contributed by atoms with Gasteiger partial charge in [-0.1, -0.05) is 24.3 Å². The molecule has 1 fully saturated rings. The number of aliphatic imine (C=N–C) groups is 1. The number of rotatable bonds is 5. The average Bonchev–Trinajstić information content (AvgIpc) is 3.33. The lowest BCUT2D eigenvalue weighted by molar-refractivity contribution is 0.313. The number of hydrogen-bond donors (Lipinski definition) is 1. The third-order valence-electron chi connectivity index (χ3n) is 5.78. The first-order chi connectivity index (χ1) is 14.7. The molecule has 1 N–H and O–H groups in total. The number of benzene rings is 2. The fourth-order valence-corrected chi connectivity index (χ4v) is 3.94.